The quantitative estimate of drug-likeness (QED) is 0.172. The summed E-state index contributed by atoms with van der Waals surface area (Å²) >= 11 is 1.92. The molecule has 0 amide bonds. The molecule has 3 heteroatoms. The number of thiophene rings is 1. The van der Waals surface area contributed by atoms with Gasteiger partial charge in [0.1, 0.15) is 0 Å². The zero-order chi connectivity index (χ0) is 33.7. The third-order valence-electron chi connectivity index (χ3n) is 12.1. The molecule has 1 spiro atoms. The number of benzene rings is 8. The molecule has 0 atom stereocenters. The van der Waals surface area contributed by atoms with Gasteiger partial charge in [-0.1, -0.05) is 109 Å². The topological polar surface area (TPSA) is 9.86 Å². The molecular formula is C49H28N2S. The summed E-state index contributed by atoms with van der Waals surface area (Å²) in [7, 11) is 0. The van der Waals surface area contributed by atoms with Crippen molar-refractivity contribution in [2.75, 3.05) is 0 Å². The van der Waals surface area contributed by atoms with E-state index in [4.69, 9.17) is 0 Å². The van der Waals surface area contributed by atoms with Crippen LogP contribution in [0.25, 0.3) is 86.3 Å². The van der Waals surface area contributed by atoms with Gasteiger partial charge in [-0.3, -0.25) is 0 Å². The summed E-state index contributed by atoms with van der Waals surface area (Å²) in [5.74, 6) is 0. The minimum absolute atomic E-state index is 0.563. The first kappa shape index (κ1) is 27.3. The van der Waals surface area contributed by atoms with Crippen molar-refractivity contribution in [1.82, 2.24) is 9.13 Å². The Labute approximate surface area is 303 Å². The zero-order valence-electron chi connectivity index (χ0n) is 28.0. The van der Waals surface area contributed by atoms with Crippen molar-refractivity contribution in [2.45, 2.75) is 5.41 Å². The molecule has 3 heterocycles. The van der Waals surface area contributed by atoms with Crippen molar-refractivity contribution >= 4 is 75.1 Å². The summed E-state index contributed by atoms with van der Waals surface area (Å²) < 4.78 is 7.64. The van der Waals surface area contributed by atoms with Crippen molar-refractivity contribution in [3.05, 3.63) is 192 Å². The van der Waals surface area contributed by atoms with Gasteiger partial charge < -0.3 is 9.13 Å². The van der Waals surface area contributed by atoms with E-state index >= 15 is 0 Å². The molecule has 11 aromatic rings. The molecule has 0 saturated heterocycles. The van der Waals surface area contributed by atoms with Crippen LogP contribution in [-0.4, -0.2) is 9.13 Å². The highest BCUT2D eigenvalue weighted by Gasteiger charge is 2.49. The number of fused-ring (bicyclic) bond motifs is 5. The lowest BCUT2D eigenvalue weighted by atomic mass is 9.65. The van der Waals surface area contributed by atoms with Crippen LogP contribution >= 0.6 is 11.3 Å². The predicted molar refractivity (Wildman–Crippen MR) is 219 cm³/mol. The van der Waals surface area contributed by atoms with Gasteiger partial charge in [0.05, 0.1) is 27.5 Å². The van der Waals surface area contributed by atoms with Crippen molar-refractivity contribution in [3.63, 3.8) is 0 Å². The lowest BCUT2D eigenvalue weighted by Gasteiger charge is -2.36. The smallest absolute Gasteiger partial charge is 0.0728 e. The zero-order valence-corrected chi connectivity index (χ0v) is 28.8. The second-order valence-corrected chi connectivity index (χ2v) is 15.4. The molecule has 3 aromatic heterocycles. The molecule has 0 bridgehead atoms. The van der Waals surface area contributed by atoms with Gasteiger partial charge >= 0.3 is 0 Å². The van der Waals surface area contributed by atoms with Gasteiger partial charge in [0, 0.05) is 53.1 Å². The van der Waals surface area contributed by atoms with E-state index < -0.39 is 5.41 Å². The Kier molecular flexibility index (Phi) is 4.97. The molecule has 0 saturated carbocycles. The number of hydrogen-bond donors (Lipinski definition) is 0. The highest BCUT2D eigenvalue weighted by atomic mass is 32.1. The van der Waals surface area contributed by atoms with Gasteiger partial charge in [-0.2, -0.15) is 0 Å². The Hall–Kier alpha value is -6.42. The first-order chi connectivity index (χ1) is 25.8. The number of aromatic nitrogens is 2. The average Bonchev–Trinajstić information content (AvgIpc) is 3.94. The van der Waals surface area contributed by atoms with E-state index in [1.165, 1.54) is 109 Å². The summed E-state index contributed by atoms with van der Waals surface area (Å²) in [6.07, 6.45) is 0. The van der Waals surface area contributed by atoms with Crippen LogP contribution in [-0.2, 0) is 5.41 Å². The summed E-state index contributed by atoms with van der Waals surface area (Å²) in [4.78, 5) is 0. The molecule has 8 aromatic carbocycles. The number of rotatable bonds is 2. The van der Waals surface area contributed by atoms with Crippen LogP contribution in [0, 0.1) is 0 Å². The third kappa shape index (κ3) is 3.03. The fraction of sp³-hybridized carbons (Fsp3) is 0.0204. The molecule has 13 rings (SSSR count). The Morgan fingerprint density at radius 1 is 0.308 bits per heavy atom. The van der Waals surface area contributed by atoms with Gasteiger partial charge in [-0.05, 0) is 94.0 Å². The van der Waals surface area contributed by atoms with E-state index in [1.807, 2.05) is 11.3 Å². The van der Waals surface area contributed by atoms with E-state index in [9.17, 15) is 0 Å². The van der Waals surface area contributed by atoms with E-state index in [0.29, 0.717) is 0 Å². The standard InChI is InChI=1S/C49H28N2S/c1-3-13-29(14-4-1)50-37-23-7-17-31-32-18-8-27-41-44(32)48-36(22-12-28-42(48)52-41)49(33-19-9-24-38(50)45(33)43(31)37)34-20-10-25-39-46(34)47-35(49)21-11-26-40(47)51(39)30-15-5-2-6-16-30/h1-28H. The highest BCUT2D eigenvalue weighted by Crippen LogP contribution is 2.62. The number of para-hydroxylation sites is 2. The van der Waals surface area contributed by atoms with Crippen molar-refractivity contribution in [2.24, 2.45) is 0 Å². The predicted octanol–water partition coefficient (Wildman–Crippen LogP) is 12.9. The molecule has 0 aliphatic heterocycles. The van der Waals surface area contributed by atoms with E-state index in [-0.39, 0.29) is 0 Å². The molecule has 240 valence electrons. The molecular weight excluding hydrogens is 649 g/mol. The van der Waals surface area contributed by atoms with Crippen LogP contribution in [0.1, 0.15) is 22.3 Å². The molecule has 2 nitrogen and oxygen atoms in total. The van der Waals surface area contributed by atoms with Crippen molar-refractivity contribution < 1.29 is 0 Å². The maximum absolute atomic E-state index is 2.49. The van der Waals surface area contributed by atoms with Crippen LogP contribution in [0.15, 0.2) is 170 Å². The van der Waals surface area contributed by atoms with Crippen LogP contribution in [0.2, 0.25) is 0 Å². The lowest BCUT2D eigenvalue weighted by molar-refractivity contribution is 0.787. The molecule has 2 aliphatic carbocycles. The Balaban J connectivity index is 1.33. The van der Waals surface area contributed by atoms with Crippen LogP contribution in [0.4, 0.5) is 0 Å². The highest BCUT2D eigenvalue weighted by molar-refractivity contribution is 7.26. The SMILES string of the molecule is c1ccc(-n2c3cccc4c3c3c(cccc32)C2(c3cccc5sc6cccc-4c6c35)c3cccc4c3c3c2cccc3n4-c2ccccc2)cc1. The van der Waals surface area contributed by atoms with Crippen LogP contribution in [0.5, 0.6) is 0 Å². The average molecular weight is 677 g/mol. The second kappa shape index (κ2) is 9.46. The summed E-state index contributed by atoms with van der Waals surface area (Å²) in [6, 6.07) is 63.9. The first-order valence-corrected chi connectivity index (χ1v) is 18.9. The second-order valence-electron chi connectivity index (χ2n) is 14.4. The third-order valence-corrected chi connectivity index (χ3v) is 13.2. The Morgan fingerprint density at radius 3 is 1.23 bits per heavy atom. The van der Waals surface area contributed by atoms with Crippen molar-refractivity contribution in [3.8, 4) is 22.5 Å². The van der Waals surface area contributed by atoms with Gasteiger partial charge in [0.15, 0.2) is 0 Å². The molecule has 52 heavy (non-hydrogen) atoms. The molecule has 0 fully saturated rings. The first-order valence-electron chi connectivity index (χ1n) is 18.0. The Bertz CT molecular complexity index is 3280. The van der Waals surface area contributed by atoms with Gasteiger partial charge in [-0.15, -0.1) is 11.3 Å². The Morgan fingerprint density at radius 2 is 0.692 bits per heavy atom. The van der Waals surface area contributed by atoms with E-state index in [1.54, 1.807) is 0 Å². The molecule has 0 unspecified atom stereocenters. The minimum atomic E-state index is -0.563. The summed E-state index contributed by atoms with van der Waals surface area (Å²) in [6.45, 7) is 0. The maximum Gasteiger partial charge on any atom is 0.0728 e. The summed E-state index contributed by atoms with van der Waals surface area (Å²) in [5.41, 5.74) is 14.8. The van der Waals surface area contributed by atoms with Gasteiger partial charge in [0.25, 0.3) is 0 Å². The molecule has 0 radical (unpaired) electrons. The van der Waals surface area contributed by atoms with Crippen molar-refractivity contribution in [1.29, 1.82) is 0 Å². The fourth-order valence-electron chi connectivity index (χ4n) is 10.4. The molecule has 2 aliphatic rings. The maximum atomic E-state index is 2.49. The lowest BCUT2D eigenvalue weighted by Crippen LogP contribution is -2.29. The minimum Gasteiger partial charge on any atom is -0.309 e. The van der Waals surface area contributed by atoms with Gasteiger partial charge in [0.2, 0.25) is 0 Å². The summed E-state index contributed by atoms with van der Waals surface area (Å²) in [5, 5.41) is 8.11. The normalized spacial score (nSPS) is 13.9. The fourth-order valence-corrected chi connectivity index (χ4v) is 11.5. The number of nitrogens with zero attached hydrogens (tertiary/aromatic N) is 2. The monoisotopic (exact) mass is 676 g/mol. The van der Waals surface area contributed by atoms with E-state index in [2.05, 4.69) is 179 Å². The number of hydrogen-bond acceptors (Lipinski definition) is 1. The van der Waals surface area contributed by atoms with Gasteiger partial charge in [-0.25, -0.2) is 0 Å². The largest absolute Gasteiger partial charge is 0.309 e. The van der Waals surface area contributed by atoms with E-state index in [0.717, 1.165) is 0 Å². The van der Waals surface area contributed by atoms with Crippen LogP contribution in [0.3, 0.4) is 0 Å². The van der Waals surface area contributed by atoms with Crippen LogP contribution < -0.4 is 0 Å². The molecule has 0 N–H and O–H groups in total.